The second-order valence-electron chi connectivity index (χ2n) is 6.69. The van der Waals surface area contributed by atoms with Gasteiger partial charge in [-0.3, -0.25) is 0 Å². The number of hydrogen-bond acceptors (Lipinski definition) is 3. The van der Waals surface area contributed by atoms with Crippen LogP contribution in [0.15, 0.2) is 29.2 Å². The molecule has 0 bridgehead atoms. The third-order valence-corrected chi connectivity index (χ3v) is 5.08. The van der Waals surface area contributed by atoms with Gasteiger partial charge in [-0.2, -0.15) is 0 Å². The smallest absolute Gasteiger partial charge is 0.317 e. The van der Waals surface area contributed by atoms with E-state index in [9.17, 15) is 9.90 Å². The molecule has 2 N–H and O–H groups in total. The summed E-state index contributed by atoms with van der Waals surface area (Å²) in [6.45, 7) is 6.72. The van der Waals surface area contributed by atoms with Gasteiger partial charge in [0.25, 0.3) is 0 Å². The molecule has 1 fully saturated rings. The Bertz CT molecular complexity index is 514. The molecule has 0 aromatic heterocycles. The van der Waals surface area contributed by atoms with Crippen LogP contribution in [0.1, 0.15) is 45.2 Å². The number of hydrogen-bond donors (Lipinski definition) is 2. The first-order valence-electron chi connectivity index (χ1n) is 8.33. The fraction of sp³-hybridized carbons (Fsp3) is 0.611. The van der Waals surface area contributed by atoms with E-state index >= 15 is 0 Å². The predicted octanol–water partition coefficient (Wildman–Crippen LogP) is 3.66. The number of nitrogens with one attached hydrogen (secondary N) is 1. The molecule has 0 spiro atoms. The van der Waals surface area contributed by atoms with Crippen molar-refractivity contribution in [2.45, 2.75) is 55.9 Å². The van der Waals surface area contributed by atoms with Crippen molar-refractivity contribution in [1.82, 2.24) is 10.2 Å². The van der Waals surface area contributed by atoms with Crippen LogP contribution in [-0.2, 0) is 0 Å². The molecule has 2 unspecified atom stereocenters. The van der Waals surface area contributed by atoms with E-state index in [1.807, 2.05) is 18.7 Å². The van der Waals surface area contributed by atoms with Gasteiger partial charge in [0.15, 0.2) is 0 Å². The molecule has 1 saturated carbocycles. The fourth-order valence-corrected chi connectivity index (χ4v) is 3.32. The molecule has 0 saturated heterocycles. The minimum atomic E-state index is -0.395. The molecule has 0 aliphatic heterocycles. The summed E-state index contributed by atoms with van der Waals surface area (Å²) in [5.74, 6) is 0.383. The topological polar surface area (TPSA) is 52.6 Å². The Labute approximate surface area is 143 Å². The van der Waals surface area contributed by atoms with Gasteiger partial charge in [-0.05, 0) is 43.4 Å². The predicted molar refractivity (Wildman–Crippen MR) is 95.7 cm³/mol. The number of aliphatic hydroxyl groups is 1. The third kappa shape index (κ3) is 5.74. The van der Waals surface area contributed by atoms with Crippen LogP contribution in [0.5, 0.6) is 0 Å². The second kappa shape index (κ2) is 8.06. The lowest BCUT2D eigenvalue weighted by Gasteiger charge is -2.24. The van der Waals surface area contributed by atoms with E-state index in [0.29, 0.717) is 17.7 Å². The molecule has 1 aliphatic carbocycles. The summed E-state index contributed by atoms with van der Waals surface area (Å²) in [5, 5.41) is 13.5. The molecule has 4 nitrogen and oxygen atoms in total. The van der Waals surface area contributed by atoms with Gasteiger partial charge in [-0.1, -0.05) is 26.0 Å². The van der Waals surface area contributed by atoms with Gasteiger partial charge >= 0.3 is 6.03 Å². The molecule has 1 aromatic carbocycles. The van der Waals surface area contributed by atoms with Gasteiger partial charge in [-0.15, -0.1) is 11.8 Å². The zero-order valence-electron chi connectivity index (χ0n) is 14.5. The summed E-state index contributed by atoms with van der Waals surface area (Å²) < 4.78 is 0. The number of likely N-dealkylation sites (N-methyl/N-ethyl adjacent to an activating group) is 1. The SMILES string of the molecule is CC(C)Sc1ccc(C(C)NC(=O)N(C)CC(O)C2CC2)cc1. The first-order chi connectivity index (χ1) is 10.9. The average molecular weight is 337 g/mol. The maximum Gasteiger partial charge on any atom is 0.317 e. The molecular formula is C18H28N2O2S. The van der Waals surface area contributed by atoms with Crippen molar-refractivity contribution in [3.63, 3.8) is 0 Å². The van der Waals surface area contributed by atoms with Crippen molar-refractivity contribution >= 4 is 17.8 Å². The summed E-state index contributed by atoms with van der Waals surface area (Å²) in [6.07, 6.45) is 1.76. The maximum atomic E-state index is 12.2. The Hall–Kier alpha value is -1.20. The number of nitrogens with zero attached hydrogens (tertiary/aromatic N) is 1. The van der Waals surface area contributed by atoms with Gasteiger partial charge in [0.1, 0.15) is 0 Å². The highest BCUT2D eigenvalue weighted by Gasteiger charge is 2.31. The van der Waals surface area contributed by atoms with E-state index in [-0.39, 0.29) is 12.1 Å². The van der Waals surface area contributed by atoms with Crippen LogP contribution < -0.4 is 5.32 Å². The highest BCUT2D eigenvalue weighted by atomic mass is 32.2. The van der Waals surface area contributed by atoms with Crippen LogP contribution in [0, 0.1) is 5.92 Å². The summed E-state index contributed by atoms with van der Waals surface area (Å²) in [4.78, 5) is 15.0. The van der Waals surface area contributed by atoms with Crippen molar-refractivity contribution < 1.29 is 9.90 Å². The molecular weight excluding hydrogens is 308 g/mol. The minimum Gasteiger partial charge on any atom is -0.391 e. The maximum absolute atomic E-state index is 12.2. The van der Waals surface area contributed by atoms with Crippen molar-refractivity contribution in [2.75, 3.05) is 13.6 Å². The Morgan fingerprint density at radius 2 is 1.91 bits per heavy atom. The van der Waals surface area contributed by atoms with Crippen molar-refractivity contribution in [3.8, 4) is 0 Å². The average Bonchev–Trinajstić information content (AvgIpc) is 3.31. The fourth-order valence-electron chi connectivity index (χ4n) is 2.48. The number of amides is 2. The molecule has 128 valence electrons. The molecule has 2 atom stereocenters. The summed E-state index contributed by atoms with van der Waals surface area (Å²) in [5.41, 5.74) is 1.09. The van der Waals surface area contributed by atoms with Gasteiger partial charge in [-0.25, -0.2) is 4.79 Å². The van der Waals surface area contributed by atoms with Crippen LogP contribution in [0.3, 0.4) is 0 Å². The number of thioether (sulfide) groups is 1. The summed E-state index contributed by atoms with van der Waals surface area (Å²) >= 11 is 1.83. The first-order valence-corrected chi connectivity index (χ1v) is 9.21. The third-order valence-electron chi connectivity index (χ3n) is 4.07. The highest BCUT2D eigenvalue weighted by Crippen LogP contribution is 2.32. The second-order valence-corrected chi connectivity index (χ2v) is 8.34. The van der Waals surface area contributed by atoms with Crippen LogP contribution in [0.2, 0.25) is 0 Å². The van der Waals surface area contributed by atoms with Crippen LogP contribution in [0.4, 0.5) is 4.79 Å². The van der Waals surface area contributed by atoms with Crippen molar-refractivity contribution in [2.24, 2.45) is 5.92 Å². The molecule has 23 heavy (non-hydrogen) atoms. The van der Waals surface area contributed by atoms with Gasteiger partial charge < -0.3 is 15.3 Å². The lowest BCUT2D eigenvalue weighted by atomic mass is 10.1. The minimum absolute atomic E-state index is 0.0545. The van der Waals surface area contributed by atoms with Crippen LogP contribution in [0.25, 0.3) is 0 Å². The van der Waals surface area contributed by atoms with E-state index in [4.69, 9.17) is 0 Å². The van der Waals surface area contributed by atoms with Gasteiger partial charge in [0.2, 0.25) is 0 Å². The normalized spacial score (nSPS) is 17.0. The number of aliphatic hydroxyl groups excluding tert-OH is 1. The number of rotatable bonds is 7. The summed E-state index contributed by atoms with van der Waals surface area (Å²) in [7, 11) is 1.73. The monoisotopic (exact) mass is 336 g/mol. The van der Waals surface area contributed by atoms with E-state index in [1.54, 1.807) is 11.9 Å². The summed E-state index contributed by atoms with van der Waals surface area (Å²) in [6, 6.07) is 8.13. The van der Waals surface area contributed by atoms with Gasteiger partial charge in [0.05, 0.1) is 12.1 Å². The molecule has 0 radical (unpaired) electrons. The number of benzene rings is 1. The Kier molecular flexibility index (Phi) is 6.36. The zero-order valence-corrected chi connectivity index (χ0v) is 15.3. The van der Waals surface area contributed by atoms with Crippen molar-refractivity contribution in [1.29, 1.82) is 0 Å². The Morgan fingerprint density at radius 3 is 2.43 bits per heavy atom. The first kappa shape index (κ1) is 18.1. The standard InChI is InChI=1S/C18H28N2O2S/c1-12(2)23-16-9-7-14(8-10-16)13(3)19-18(22)20(4)11-17(21)15-5-6-15/h7-10,12-13,15,17,21H,5-6,11H2,1-4H3,(H,19,22). The molecule has 1 aromatic rings. The molecule has 0 heterocycles. The largest absolute Gasteiger partial charge is 0.391 e. The molecule has 5 heteroatoms. The van der Waals surface area contributed by atoms with Crippen LogP contribution >= 0.6 is 11.8 Å². The molecule has 2 amide bonds. The lowest BCUT2D eigenvalue weighted by molar-refractivity contribution is 0.113. The number of urea groups is 1. The number of carbonyl (C=O) groups excluding carboxylic acids is 1. The van der Waals surface area contributed by atoms with E-state index in [0.717, 1.165) is 18.4 Å². The van der Waals surface area contributed by atoms with E-state index in [2.05, 4.69) is 43.4 Å². The number of carbonyl (C=O) groups is 1. The lowest BCUT2D eigenvalue weighted by Crippen LogP contribution is -2.42. The van der Waals surface area contributed by atoms with Gasteiger partial charge in [0, 0.05) is 23.7 Å². The highest BCUT2D eigenvalue weighted by molar-refractivity contribution is 7.99. The van der Waals surface area contributed by atoms with Crippen molar-refractivity contribution in [3.05, 3.63) is 29.8 Å². The van der Waals surface area contributed by atoms with E-state index < -0.39 is 6.10 Å². The molecule has 2 rings (SSSR count). The molecule has 1 aliphatic rings. The zero-order chi connectivity index (χ0) is 17.0. The van der Waals surface area contributed by atoms with E-state index in [1.165, 1.54) is 4.90 Å². The Morgan fingerprint density at radius 1 is 1.30 bits per heavy atom. The van der Waals surface area contributed by atoms with Crippen LogP contribution in [-0.4, -0.2) is 41.0 Å². The Balaban J connectivity index is 1.84. The quantitative estimate of drug-likeness (QED) is 0.747.